The molecule has 1 saturated heterocycles. The van der Waals surface area contributed by atoms with E-state index in [0.29, 0.717) is 19.1 Å². The number of piperidine rings is 1. The normalized spacial score (nSPS) is 15.6. The fraction of sp³-hybridized carbons (Fsp3) is 0.500. The fourth-order valence-electron chi connectivity index (χ4n) is 2.41. The number of rotatable bonds is 4. The number of benzene rings is 1. The molecule has 0 aromatic heterocycles. The van der Waals surface area contributed by atoms with Gasteiger partial charge in [-0.05, 0) is 32.0 Å². The molecule has 22 heavy (non-hydrogen) atoms. The van der Waals surface area contributed by atoms with E-state index in [-0.39, 0.29) is 18.0 Å². The average Bonchev–Trinajstić information content (AvgIpc) is 2.46. The van der Waals surface area contributed by atoms with Crippen molar-refractivity contribution in [2.75, 3.05) is 20.1 Å². The maximum Gasteiger partial charge on any atom is 0.387 e. The third-order valence-electron chi connectivity index (χ3n) is 3.58. The van der Waals surface area contributed by atoms with Gasteiger partial charge in [0, 0.05) is 25.2 Å². The van der Waals surface area contributed by atoms with Crippen LogP contribution >= 0.6 is 12.4 Å². The maximum absolute atomic E-state index is 13.1. The number of alkyl halides is 2. The monoisotopic (exact) mass is 338 g/mol. The second-order valence-electron chi connectivity index (χ2n) is 4.87. The second-order valence-corrected chi connectivity index (χ2v) is 4.87. The Morgan fingerprint density at radius 3 is 2.55 bits per heavy atom. The molecule has 1 N–H and O–H groups in total. The molecule has 0 radical (unpaired) electrons. The van der Waals surface area contributed by atoms with Gasteiger partial charge in [0.1, 0.15) is 11.6 Å². The van der Waals surface area contributed by atoms with Crippen LogP contribution in [0.5, 0.6) is 5.75 Å². The van der Waals surface area contributed by atoms with Gasteiger partial charge >= 0.3 is 6.61 Å². The zero-order valence-corrected chi connectivity index (χ0v) is 12.8. The molecule has 0 aliphatic carbocycles. The Kier molecular flexibility index (Phi) is 6.96. The zero-order chi connectivity index (χ0) is 15.4. The highest BCUT2D eigenvalue weighted by Crippen LogP contribution is 2.25. The molecular weight excluding hydrogens is 321 g/mol. The molecule has 1 amide bonds. The van der Waals surface area contributed by atoms with E-state index in [1.807, 2.05) is 7.05 Å². The van der Waals surface area contributed by atoms with Crippen molar-refractivity contribution in [1.29, 1.82) is 0 Å². The van der Waals surface area contributed by atoms with Crippen molar-refractivity contribution in [3.63, 3.8) is 0 Å². The predicted molar refractivity (Wildman–Crippen MR) is 78.3 cm³/mol. The topological polar surface area (TPSA) is 41.6 Å². The van der Waals surface area contributed by atoms with Gasteiger partial charge in [0.2, 0.25) is 0 Å². The number of carbonyl (C=O) groups excluding carboxylic acids is 1. The van der Waals surface area contributed by atoms with E-state index in [9.17, 15) is 18.0 Å². The lowest BCUT2D eigenvalue weighted by Gasteiger charge is -2.32. The van der Waals surface area contributed by atoms with Crippen LogP contribution in [0.1, 0.15) is 23.2 Å². The number of nitrogens with zero attached hydrogens (tertiary/aromatic N) is 1. The summed E-state index contributed by atoms with van der Waals surface area (Å²) in [6, 6.07) is 3.39. The summed E-state index contributed by atoms with van der Waals surface area (Å²) in [4.78, 5) is 13.9. The summed E-state index contributed by atoms with van der Waals surface area (Å²) in [5.74, 6) is -1.57. The van der Waals surface area contributed by atoms with E-state index in [2.05, 4.69) is 10.1 Å². The molecule has 1 aliphatic heterocycles. The summed E-state index contributed by atoms with van der Waals surface area (Å²) in [7, 11) is 1.86. The third kappa shape index (κ3) is 4.51. The van der Waals surface area contributed by atoms with Gasteiger partial charge in [-0.3, -0.25) is 4.79 Å². The minimum atomic E-state index is -3.10. The first-order valence-corrected chi connectivity index (χ1v) is 6.72. The van der Waals surface area contributed by atoms with Crippen LogP contribution in [-0.2, 0) is 0 Å². The van der Waals surface area contributed by atoms with E-state index < -0.39 is 24.1 Å². The Bertz CT molecular complexity index is 509. The van der Waals surface area contributed by atoms with Crippen molar-refractivity contribution < 1.29 is 22.7 Å². The van der Waals surface area contributed by atoms with Gasteiger partial charge in [-0.2, -0.15) is 8.78 Å². The van der Waals surface area contributed by atoms with Crippen LogP contribution in [0, 0.1) is 5.82 Å². The molecule has 1 aromatic rings. The van der Waals surface area contributed by atoms with E-state index in [1.54, 1.807) is 4.90 Å². The molecule has 0 atom stereocenters. The molecule has 0 bridgehead atoms. The maximum atomic E-state index is 13.1. The predicted octanol–water partition coefficient (Wildman–Crippen LogP) is 2.67. The summed E-state index contributed by atoms with van der Waals surface area (Å²) >= 11 is 0. The van der Waals surface area contributed by atoms with Crippen LogP contribution in [0.2, 0.25) is 0 Å². The first-order chi connectivity index (χ1) is 10.0. The summed E-state index contributed by atoms with van der Waals surface area (Å²) < 4.78 is 42.1. The Hall–Kier alpha value is -1.47. The number of likely N-dealkylation sites (tertiary alicyclic amines) is 1. The van der Waals surface area contributed by atoms with Crippen molar-refractivity contribution in [3.8, 4) is 5.75 Å². The Morgan fingerprint density at radius 2 is 2.00 bits per heavy atom. The standard InChI is InChI=1S/C14H17F3N2O2.ClH/c1-18-10-4-6-19(7-5-10)13(20)11-3-2-9(15)8-12(11)21-14(16)17;/h2-3,8,10,14,18H,4-7H2,1H3;1H. The summed E-state index contributed by atoms with van der Waals surface area (Å²) in [6.45, 7) is -2.06. The smallest absolute Gasteiger partial charge is 0.387 e. The number of halogens is 4. The van der Waals surface area contributed by atoms with Crippen LogP contribution < -0.4 is 10.1 Å². The molecular formula is C14H18ClF3N2O2. The molecule has 4 nitrogen and oxygen atoms in total. The molecule has 0 spiro atoms. The van der Waals surface area contributed by atoms with Crippen LogP contribution in [-0.4, -0.2) is 43.6 Å². The fourth-order valence-corrected chi connectivity index (χ4v) is 2.41. The van der Waals surface area contributed by atoms with Gasteiger partial charge in [0.25, 0.3) is 5.91 Å². The van der Waals surface area contributed by atoms with Gasteiger partial charge in [-0.1, -0.05) is 0 Å². The molecule has 1 aliphatic rings. The van der Waals surface area contributed by atoms with Crippen LogP contribution in [0.25, 0.3) is 0 Å². The van der Waals surface area contributed by atoms with E-state index in [4.69, 9.17) is 0 Å². The summed E-state index contributed by atoms with van der Waals surface area (Å²) in [5, 5.41) is 3.14. The van der Waals surface area contributed by atoms with E-state index >= 15 is 0 Å². The molecule has 8 heteroatoms. The number of amides is 1. The highest BCUT2D eigenvalue weighted by Gasteiger charge is 2.25. The van der Waals surface area contributed by atoms with Crippen molar-refractivity contribution in [3.05, 3.63) is 29.6 Å². The quantitative estimate of drug-likeness (QED) is 0.917. The number of hydrogen-bond donors (Lipinski definition) is 1. The van der Waals surface area contributed by atoms with Crippen molar-refractivity contribution in [2.24, 2.45) is 0 Å². The molecule has 0 unspecified atom stereocenters. The van der Waals surface area contributed by atoms with Gasteiger partial charge in [-0.15, -0.1) is 12.4 Å². The van der Waals surface area contributed by atoms with Gasteiger partial charge in [0.05, 0.1) is 5.56 Å². The van der Waals surface area contributed by atoms with Gasteiger partial charge < -0.3 is 15.0 Å². The highest BCUT2D eigenvalue weighted by molar-refractivity contribution is 5.97. The van der Waals surface area contributed by atoms with Gasteiger partial charge in [0.15, 0.2) is 0 Å². The van der Waals surface area contributed by atoms with Crippen molar-refractivity contribution >= 4 is 18.3 Å². The molecule has 1 aromatic carbocycles. The lowest BCUT2D eigenvalue weighted by molar-refractivity contribution is -0.0504. The van der Waals surface area contributed by atoms with E-state index in [1.165, 1.54) is 6.07 Å². The summed E-state index contributed by atoms with van der Waals surface area (Å²) in [6.07, 6.45) is 1.57. The lowest BCUT2D eigenvalue weighted by Crippen LogP contribution is -2.44. The number of hydrogen-bond acceptors (Lipinski definition) is 3. The van der Waals surface area contributed by atoms with Crippen molar-refractivity contribution in [2.45, 2.75) is 25.5 Å². The van der Waals surface area contributed by atoms with Crippen LogP contribution in [0.15, 0.2) is 18.2 Å². The lowest BCUT2D eigenvalue weighted by atomic mass is 10.0. The zero-order valence-electron chi connectivity index (χ0n) is 12.0. The minimum Gasteiger partial charge on any atom is -0.434 e. The summed E-state index contributed by atoms with van der Waals surface area (Å²) in [5.41, 5.74) is -0.0420. The molecule has 1 fully saturated rings. The minimum absolute atomic E-state index is 0. The Labute approximate surface area is 133 Å². The highest BCUT2D eigenvalue weighted by atomic mass is 35.5. The third-order valence-corrected chi connectivity index (χ3v) is 3.58. The SMILES string of the molecule is CNC1CCN(C(=O)c2ccc(F)cc2OC(F)F)CC1.Cl. The van der Waals surface area contributed by atoms with Crippen LogP contribution in [0.3, 0.4) is 0 Å². The average molecular weight is 339 g/mol. The molecule has 1 heterocycles. The van der Waals surface area contributed by atoms with Gasteiger partial charge in [-0.25, -0.2) is 4.39 Å². The number of nitrogens with one attached hydrogen (secondary N) is 1. The van der Waals surface area contributed by atoms with Crippen LogP contribution in [0.4, 0.5) is 13.2 Å². The Balaban J connectivity index is 0.00000242. The molecule has 2 rings (SSSR count). The first kappa shape index (κ1) is 18.6. The molecule has 0 saturated carbocycles. The number of carbonyl (C=O) groups is 1. The van der Waals surface area contributed by atoms with Crippen molar-refractivity contribution in [1.82, 2.24) is 10.2 Å². The first-order valence-electron chi connectivity index (χ1n) is 6.72. The number of ether oxygens (including phenoxy) is 1. The molecule has 124 valence electrons. The Morgan fingerprint density at radius 1 is 1.36 bits per heavy atom. The second kappa shape index (κ2) is 8.24. The largest absolute Gasteiger partial charge is 0.434 e. The van der Waals surface area contributed by atoms with E-state index in [0.717, 1.165) is 25.0 Å².